The van der Waals surface area contributed by atoms with E-state index in [0.717, 1.165) is 23.3 Å². The van der Waals surface area contributed by atoms with Crippen LogP contribution in [-0.4, -0.2) is 39.6 Å². The Hall–Kier alpha value is -3.55. The van der Waals surface area contributed by atoms with Crippen LogP contribution in [-0.2, 0) is 17.9 Å². The maximum atomic E-state index is 14.0. The summed E-state index contributed by atoms with van der Waals surface area (Å²) in [6, 6.07) is 12.1. The number of rotatable bonds is 8. The van der Waals surface area contributed by atoms with Crippen molar-refractivity contribution in [1.82, 2.24) is 20.0 Å². The molecule has 32 heavy (non-hydrogen) atoms. The van der Waals surface area contributed by atoms with Crippen molar-refractivity contribution in [3.8, 4) is 0 Å². The zero-order valence-corrected chi connectivity index (χ0v) is 18.3. The lowest BCUT2D eigenvalue weighted by atomic mass is 10.0. The van der Waals surface area contributed by atoms with Gasteiger partial charge in [0.2, 0.25) is 5.91 Å². The van der Waals surface area contributed by atoms with Crippen LogP contribution in [0.2, 0.25) is 0 Å². The summed E-state index contributed by atoms with van der Waals surface area (Å²) in [5.41, 5.74) is 1.23. The van der Waals surface area contributed by atoms with E-state index in [1.807, 2.05) is 36.5 Å². The van der Waals surface area contributed by atoms with Crippen molar-refractivity contribution in [2.24, 2.45) is 5.92 Å². The third-order valence-electron chi connectivity index (χ3n) is 5.08. The first-order valence-electron chi connectivity index (χ1n) is 10.3. The average Bonchev–Trinajstić information content (AvgIpc) is 3.18. The normalized spacial score (nSPS) is 11.9. The van der Waals surface area contributed by atoms with Crippen molar-refractivity contribution in [2.45, 2.75) is 33.0 Å². The molecule has 0 fully saturated rings. The summed E-state index contributed by atoms with van der Waals surface area (Å²) in [6.07, 6.45) is 3.54. The smallest absolute Gasteiger partial charge is 0.257 e. The van der Waals surface area contributed by atoms with Crippen LogP contribution >= 0.6 is 0 Å². The molecule has 0 spiro atoms. The molecule has 1 heterocycles. The molecule has 2 amide bonds. The number of benzene rings is 2. The van der Waals surface area contributed by atoms with E-state index in [9.17, 15) is 18.4 Å². The van der Waals surface area contributed by atoms with E-state index in [1.165, 1.54) is 11.0 Å². The molecule has 6 nitrogen and oxygen atoms in total. The monoisotopic (exact) mass is 440 g/mol. The Bertz CT molecular complexity index is 1060. The highest BCUT2D eigenvalue weighted by Gasteiger charge is 2.29. The molecule has 0 aliphatic rings. The summed E-state index contributed by atoms with van der Waals surface area (Å²) in [5.74, 6) is -3.56. The number of hydrogen-bond acceptors (Lipinski definition) is 3. The van der Waals surface area contributed by atoms with Gasteiger partial charge in [0.25, 0.3) is 5.91 Å². The molecule has 2 aromatic carbocycles. The highest BCUT2D eigenvalue weighted by Crippen LogP contribution is 2.15. The fourth-order valence-electron chi connectivity index (χ4n) is 3.38. The minimum atomic E-state index is -0.975. The fourth-order valence-corrected chi connectivity index (χ4v) is 3.38. The predicted molar refractivity (Wildman–Crippen MR) is 117 cm³/mol. The Labute approximate surface area is 185 Å². The van der Waals surface area contributed by atoms with Crippen LogP contribution in [0.25, 0.3) is 0 Å². The number of nitrogens with zero attached hydrogens (tertiary/aromatic N) is 3. The highest BCUT2D eigenvalue weighted by atomic mass is 19.1. The molecule has 168 valence electrons. The van der Waals surface area contributed by atoms with E-state index in [-0.39, 0.29) is 18.4 Å². The summed E-state index contributed by atoms with van der Waals surface area (Å²) < 4.78 is 29.7. The number of halogens is 2. The first kappa shape index (κ1) is 23.1. The molecule has 1 N–H and O–H groups in total. The number of carbonyl (C=O) groups is 2. The molecule has 0 saturated carbocycles. The van der Waals surface area contributed by atoms with Gasteiger partial charge >= 0.3 is 0 Å². The molecule has 3 rings (SSSR count). The molecule has 1 aromatic heterocycles. The first-order chi connectivity index (χ1) is 15.3. The first-order valence-corrected chi connectivity index (χ1v) is 10.3. The SMILES string of the molecule is CC(C)[C@@H](NC(=O)c1c(F)cccc1F)C(=O)N(C)Cc1cnn(Cc2ccccc2)c1. The van der Waals surface area contributed by atoms with Gasteiger partial charge in [-0.3, -0.25) is 14.3 Å². The quantitative estimate of drug-likeness (QED) is 0.582. The summed E-state index contributed by atoms with van der Waals surface area (Å²) in [7, 11) is 1.61. The summed E-state index contributed by atoms with van der Waals surface area (Å²) >= 11 is 0. The van der Waals surface area contributed by atoms with Crippen molar-refractivity contribution in [3.63, 3.8) is 0 Å². The maximum absolute atomic E-state index is 14.0. The molecular formula is C24H26F2N4O2. The summed E-state index contributed by atoms with van der Waals surface area (Å²) in [6.45, 7) is 4.40. The number of amides is 2. The molecule has 0 bridgehead atoms. The van der Waals surface area contributed by atoms with E-state index in [1.54, 1.807) is 31.8 Å². The highest BCUT2D eigenvalue weighted by molar-refractivity contribution is 5.98. The van der Waals surface area contributed by atoms with Crippen LogP contribution in [0.4, 0.5) is 8.78 Å². The zero-order chi connectivity index (χ0) is 23.3. The standard InChI is InChI=1S/C24H26F2N4O2/c1-16(2)22(28-23(31)21-19(25)10-7-11-20(21)26)24(32)29(3)13-18-12-27-30(15-18)14-17-8-5-4-6-9-17/h4-12,15-16,22H,13-14H2,1-3H3,(H,28,31)/t22-/m1/s1. The van der Waals surface area contributed by atoms with Gasteiger partial charge in [0.15, 0.2) is 0 Å². The topological polar surface area (TPSA) is 67.2 Å². The third kappa shape index (κ3) is 5.57. The second-order valence-electron chi connectivity index (χ2n) is 8.02. The second kappa shape index (κ2) is 10.2. The number of carbonyl (C=O) groups excluding carboxylic acids is 2. The van der Waals surface area contributed by atoms with Crippen molar-refractivity contribution in [3.05, 3.63) is 89.2 Å². The Kier molecular flexibility index (Phi) is 7.35. The second-order valence-corrected chi connectivity index (χ2v) is 8.02. The minimum Gasteiger partial charge on any atom is -0.340 e. The van der Waals surface area contributed by atoms with E-state index in [0.29, 0.717) is 6.54 Å². The van der Waals surface area contributed by atoms with Crippen LogP contribution in [0.1, 0.15) is 35.3 Å². The van der Waals surface area contributed by atoms with Crippen LogP contribution in [0.15, 0.2) is 60.9 Å². The largest absolute Gasteiger partial charge is 0.340 e. The molecular weight excluding hydrogens is 414 g/mol. The lowest BCUT2D eigenvalue weighted by Gasteiger charge is -2.27. The Morgan fingerprint density at radius 1 is 1.03 bits per heavy atom. The maximum Gasteiger partial charge on any atom is 0.257 e. The molecule has 1 atom stereocenters. The van der Waals surface area contributed by atoms with Gasteiger partial charge in [-0.15, -0.1) is 0 Å². The molecule has 0 aliphatic heterocycles. The van der Waals surface area contributed by atoms with Gasteiger partial charge < -0.3 is 10.2 Å². The molecule has 3 aromatic rings. The lowest BCUT2D eigenvalue weighted by molar-refractivity contribution is -0.133. The molecule has 8 heteroatoms. The van der Waals surface area contributed by atoms with E-state index >= 15 is 0 Å². The Morgan fingerprint density at radius 3 is 2.31 bits per heavy atom. The number of nitrogens with one attached hydrogen (secondary N) is 1. The van der Waals surface area contributed by atoms with Crippen LogP contribution in [0, 0.1) is 17.6 Å². The Balaban J connectivity index is 1.66. The van der Waals surface area contributed by atoms with Gasteiger partial charge in [0, 0.05) is 25.4 Å². The zero-order valence-electron chi connectivity index (χ0n) is 18.3. The number of hydrogen-bond donors (Lipinski definition) is 1. The fraction of sp³-hybridized carbons (Fsp3) is 0.292. The van der Waals surface area contributed by atoms with Gasteiger partial charge in [0.1, 0.15) is 23.2 Å². The molecule has 0 saturated heterocycles. The van der Waals surface area contributed by atoms with Crippen molar-refractivity contribution < 1.29 is 18.4 Å². The minimum absolute atomic E-state index is 0.279. The van der Waals surface area contributed by atoms with E-state index in [4.69, 9.17) is 0 Å². The van der Waals surface area contributed by atoms with Gasteiger partial charge in [-0.05, 0) is 23.6 Å². The van der Waals surface area contributed by atoms with Crippen molar-refractivity contribution >= 4 is 11.8 Å². The van der Waals surface area contributed by atoms with Crippen LogP contribution in [0.3, 0.4) is 0 Å². The summed E-state index contributed by atoms with van der Waals surface area (Å²) in [5, 5.41) is 6.82. The van der Waals surface area contributed by atoms with Crippen LogP contribution in [0.5, 0.6) is 0 Å². The van der Waals surface area contributed by atoms with Crippen molar-refractivity contribution in [1.29, 1.82) is 0 Å². The van der Waals surface area contributed by atoms with Gasteiger partial charge in [-0.2, -0.15) is 5.10 Å². The average molecular weight is 440 g/mol. The molecule has 0 aliphatic carbocycles. The van der Waals surface area contributed by atoms with Gasteiger partial charge in [0.05, 0.1) is 12.7 Å². The van der Waals surface area contributed by atoms with Crippen molar-refractivity contribution in [2.75, 3.05) is 7.05 Å². The van der Waals surface area contributed by atoms with Gasteiger partial charge in [-0.25, -0.2) is 8.78 Å². The van der Waals surface area contributed by atoms with Crippen LogP contribution < -0.4 is 5.32 Å². The summed E-state index contributed by atoms with van der Waals surface area (Å²) in [4.78, 5) is 27.0. The van der Waals surface area contributed by atoms with Gasteiger partial charge in [-0.1, -0.05) is 50.2 Å². The molecule has 0 radical (unpaired) electrons. The number of likely N-dealkylation sites (N-methyl/N-ethyl adjacent to an activating group) is 1. The third-order valence-corrected chi connectivity index (χ3v) is 5.08. The predicted octanol–water partition coefficient (Wildman–Crippen LogP) is 3.62. The van der Waals surface area contributed by atoms with E-state index in [2.05, 4.69) is 10.4 Å². The van der Waals surface area contributed by atoms with E-state index < -0.39 is 29.1 Å². The number of aromatic nitrogens is 2. The molecule has 0 unspecified atom stereocenters. The Morgan fingerprint density at radius 2 is 1.69 bits per heavy atom. The lowest BCUT2D eigenvalue weighted by Crippen LogP contribution is -2.50.